The van der Waals surface area contributed by atoms with E-state index < -0.39 is 5.41 Å². The number of amides is 1. The fourth-order valence-corrected chi connectivity index (χ4v) is 1.19. The Hall–Kier alpha value is -1.58. The summed E-state index contributed by atoms with van der Waals surface area (Å²) in [5, 5.41) is 6.02. The van der Waals surface area contributed by atoms with Crippen molar-refractivity contribution >= 4 is 17.4 Å². The van der Waals surface area contributed by atoms with Crippen LogP contribution < -0.4 is 10.6 Å². The van der Waals surface area contributed by atoms with E-state index >= 15 is 0 Å². The van der Waals surface area contributed by atoms with Gasteiger partial charge in [-0.2, -0.15) is 0 Å². The molecule has 0 fully saturated rings. The van der Waals surface area contributed by atoms with E-state index in [4.69, 9.17) is 0 Å². The van der Waals surface area contributed by atoms with Crippen molar-refractivity contribution in [3.05, 3.63) is 18.3 Å². The number of hydrogen-bond acceptors (Lipinski definition) is 3. The third-order valence-corrected chi connectivity index (χ3v) is 2.14. The molecule has 1 heterocycles. The zero-order valence-corrected chi connectivity index (χ0v) is 11.2. The van der Waals surface area contributed by atoms with Crippen molar-refractivity contribution in [1.82, 2.24) is 4.98 Å². The summed E-state index contributed by atoms with van der Waals surface area (Å²) in [6.07, 6.45) is 1.72. The van der Waals surface area contributed by atoms with Crippen LogP contribution in [0.2, 0.25) is 0 Å². The van der Waals surface area contributed by atoms with E-state index in [2.05, 4.69) is 29.5 Å². The molecule has 94 valence electrons. The first-order valence-electron chi connectivity index (χ1n) is 5.83. The smallest absolute Gasteiger partial charge is 0.230 e. The number of aromatic nitrogens is 1. The average Bonchev–Trinajstić information content (AvgIpc) is 2.18. The molecule has 0 saturated heterocycles. The number of nitrogens with one attached hydrogen (secondary N) is 2. The van der Waals surface area contributed by atoms with Gasteiger partial charge in [0.1, 0.15) is 5.82 Å². The van der Waals surface area contributed by atoms with Crippen molar-refractivity contribution in [2.24, 2.45) is 5.41 Å². The first-order chi connectivity index (χ1) is 7.79. The van der Waals surface area contributed by atoms with Crippen LogP contribution in [0.5, 0.6) is 0 Å². The third kappa shape index (κ3) is 4.43. The molecule has 0 aliphatic carbocycles. The van der Waals surface area contributed by atoms with Gasteiger partial charge in [-0.3, -0.25) is 4.79 Å². The minimum Gasteiger partial charge on any atom is -0.382 e. The van der Waals surface area contributed by atoms with E-state index in [0.29, 0.717) is 11.9 Å². The van der Waals surface area contributed by atoms with Crippen molar-refractivity contribution in [3.63, 3.8) is 0 Å². The molecule has 1 amide bonds. The summed E-state index contributed by atoms with van der Waals surface area (Å²) in [5.74, 6) is 0.550. The van der Waals surface area contributed by atoms with Gasteiger partial charge in [0.2, 0.25) is 5.91 Å². The molecule has 0 aliphatic heterocycles. The molecule has 0 spiro atoms. The second-order valence-corrected chi connectivity index (χ2v) is 5.44. The third-order valence-electron chi connectivity index (χ3n) is 2.14. The lowest BCUT2D eigenvalue weighted by atomic mass is 9.96. The lowest BCUT2D eigenvalue weighted by Crippen LogP contribution is -2.28. The standard InChI is InChI=1S/C13H21N3O/c1-9(2)15-10-6-7-11(14-8-10)16-12(17)13(3,4)5/h6-9,15H,1-5H3,(H,14,16,17). The Balaban J connectivity index is 2.66. The zero-order chi connectivity index (χ0) is 13.1. The number of hydrogen-bond donors (Lipinski definition) is 2. The van der Waals surface area contributed by atoms with Crippen LogP contribution in [0.4, 0.5) is 11.5 Å². The van der Waals surface area contributed by atoms with Crippen molar-refractivity contribution in [2.45, 2.75) is 40.7 Å². The van der Waals surface area contributed by atoms with Crippen LogP contribution >= 0.6 is 0 Å². The summed E-state index contributed by atoms with van der Waals surface area (Å²) >= 11 is 0. The highest BCUT2D eigenvalue weighted by Gasteiger charge is 2.21. The maximum absolute atomic E-state index is 11.7. The number of nitrogens with zero attached hydrogens (tertiary/aromatic N) is 1. The van der Waals surface area contributed by atoms with Gasteiger partial charge >= 0.3 is 0 Å². The topological polar surface area (TPSA) is 54.0 Å². The number of carbonyl (C=O) groups excluding carboxylic acids is 1. The van der Waals surface area contributed by atoms with E-state index in [0.717, 1.165) is 5.69 Å². The van der Waals surface area contributed by atoms with Crippen LogP contribution in [0.3, 0.4) is 0 Å². The Morgan fingerprint density at radius 2 is 1.94 bits per heavy atom. The second-order valence-electron chi connectivity index (χ2n) is 5.44. The SMILES string of the molecule is CC(C)Nc1ccc(NC(=O)C(C)(C)C)nc1. The fraction of sp³-hybridized carbons (Fsp3) is 0.538. The Morgan fingerprint density at radius 3 is 2.35 bits per heavy atom. The number of carbonyl (C=O) groups is 1. The van der Waals surface area contributed by atoms with Crippen molar-refractivity contribution < 1.29 is 4.79 Å². The Kier molecular flexibility index (Phi) is 4.10. The normalized spacial score (nSPS) is 11.4. The van der Waals surface area contributed by atoms with Gasteiger partial charge in [0.05, 0.1) is 11.9 Å². The van der Waals surface area contributed by atoms with E-state index in [1.165, 1.54) is 0 Å². The van der Waals surface area contributed by atoms with Crippen LogP contribution in [0.15, 0.2) is 18.3 Å². The molecule has 0 atom stereocenters. The maximum atomic E-state index is 11.7. The van der Waals surface area contributed by atoms with Crippen LogP contribution in [0, 0.1) is 5.41 Å². The molecule has 0 saturated carbocycles. The highest BCUT2D eigenvalue weighted by Crippen LogP contribution is 2.17. The van der Waals surface area contributed by atoms with Crippen LogP contribution in [-0.4, -0.2) is 16.9 Å². The fourth-order valence-electron chi connectivity index (χ4n) is 1.19. The van der Waals surface area contributed by atoms with E-state index in [1.54, 1.807) is 12.3 Å². The molecule has 2 N–H and O–H groups in total. The van der Waals surface area contributed by atoms with Crippen molar-refractivity contribution in [2.75, 3.05) is 10.6 Å². The molecule has 1 aromatic rings. The van der Waals surface area contributed by atoms with Gasteiger partial charge in [-0.1, -0.05) is 20.8 Å². The molecule has 0 unspecified atom stereocenters. The second kappa shape index (κ2) is 5.17. The summed E-state index contributed by atoms with van der Waals surface area (Å²) < 4.78 is 0. The summed E-state index contributed by atoms with van der Waals surface area (Å²) in [6, 6.07) is 4.08. The minimum absolute atomic E-state index is 0.0328. The Morgan fingerprint density at radius 1 is 1.29 bits per heavy atom. The van der Waals surface area contributed by atoms with Crippen LogP contribution in [0.1, 0.15) is 34.6 Å². The Labute approximate surface area is 103 Å². The summed E-state index contributed by atoms with van der Waals surface area (Å²) in [7, 11) is 0. The van der Waals surface area contributed by atoms with E-state index in [9.17, 15) is 4.79 Å². The van der Waals surface area contributed by atoms with Crippen molar-refractivity contribution in [3.8, 4) is 0 Å². The Bertz CT molecular complexity index is 377. The van der Waals surface area contributed by atoms with E-state index in [1.807, 2.05) is 26.8 Å². The quantitative estimate of drug-likeness (QED) is 0.847. The van der Waals surface area contributed by atoms with Crippen LogP contribution in [-0.2, 0) is 4.79 Å². The average molecular weight is 235 g/mol. The van der Waals surface area contributed by atoms with Gasteiger partial charge in [-0.15, -0.1) is 0 Å². The summed E-state index contributed by atoms with van der Waals surface area (Å²) in [4.78, 5) is 15.9. The van der Waals surface area contributed by atoms with Gasteiger partial charge in [-0.05, 0) is 26.0 Å². The number of pyridine rings is 1. The van der Waals surface area contributed by atoms with Gasteiger partial charge in [0.15, 0.2) is 0 Å². The molecule has 0 bridgehead atoms. The molecule has 4 nitrogen and oxygen atoms in total. The molecule has 4 heteroatoms. The molecular formula is C13H21N3O. The number of rotatable bonds is 3. The predicted octanol–water partition coefficient (Wildman–Crippen LogP) is 2.89. The minimum atomic E-state index is -0.406. The van der Waals surface area contributed by atoms with Crippen molar-refractivity contribution in [1.29, 1.82) is 0 Å². The van der Waals surface area contributed by atoms with E-state index in [-0.39, 0.29) is 5.91 Å². The first-order valence-corrected chi connectivity index (χ1v) is 5.83. The van der Waals surface area contributed by atoms with Gasteiger partial charge < -0.3 is 10.6 Å². The molecule has 1 aromatic heterocycles. The molecule has 0 aromatic carbocycles. The monoisotopic (exact) mass is 235 g/mol. The molecule has 1 rings (SSSR count). The summed E-state index contributed by atoms with van der Waals surface area (Å²) in [5.41, 5.74) is 0.546. The largest absolute Gasteiger partial charge is 0.382 e. The lowest BCUT2D eigenvalue weighted by molar-refractivity contribution is -0.123. The molecule has 17 heavy (non-hydrogen) atoms. The summed E-state index contributed by atoms with van der Waals surface area (Å²) in [6.45, 7) is 9.75. The number of anilines is 2. The highest BCUT2D eigenvalue weighted by molar-refractivity contribution is 5.93. The molecule has 0 radical (unpaired) electrons. The first kappa shape index (κ1) is 13.5. The van der Waals surface area contributed by atoms with Gasteiger partial charge in [-0.25, -0.2) is 4.98 Å². The van der Waals surface area contributed by atoms with Gasteiger partial charge in [0, 0.05) is 11.5 Å². The van der Waals surface area contributed by atoms with Crippen LogP contribution in [0.25, 0.3) is 0 Å². The zero-order valence-electron chi connectivity index (χ0n) is 11.2. The lowest BCUT2D eigenvalue weighted by Gasteiger charge is -2.17. The van der Waals surface area contributed by atoms with Gasteiger partial charge in [0.25, 0.3) is 0 Å². The predicted molar refractivity (Wildman–Crippen MR) is 71.1 cm³/mol. The maximum Gasteiger partial charge on any atom is 0.230 e. The highest BCUT2D eigenvalue weighted by atomic mass is 16.2. The molecular weight excluding hydrogens is 214 g/mol. The molecule has 0 aliphatic rings.